The Labute approximate surface area is 162 Å². The summed E-state index contributed by atoms with van der Waals surface area (Å²) in [6, 6.07) is 19.9. The van der Waals surface area contributed by atoms with E-state index in [0.29, 0.717) is 0 Å². The number of aromatic nitrogens is 2. The lowest BCUT2D eigenvalue weighted by molar-refractivity contribution is 0.613. The van der Waals surface area contributed by atoms with Crippen molar-refractivity contribution in [3.05, 3.63) is 78.4 Å². The summed E-state index contributed by atoms with van der Waals surface area (Å²) in [5, 5.41) is 2.91. The molecule has 2 aromatic carbocycles. The van der Waals surface area contributed by atoms with Crippen molar-refractivity contribution in [2.75, 3.05) is 19.0 Å². The number of anilines is 1. The van der Waals surface area contributed by atoms with Crippen LogP contribution in [0.2, 0.25) is 0 Å². The van der Waals surface area contributed by atoms with Gasteiger partial charge in [0.15, 0.2) is 11.3 Å². The Hall–Kier alpha value is -3.73. The third-order valence-electron chi connectivity index (χ3n) is 4.78. The Morgan fingerprint density at radius 2 is 1.68 bits per heavy atom. The van der Waals surface area contributed by atoms with E-state index in [-0.39, 0.29) is 0 Å². The summed E-state index contributed by atoms with van der Waals surface area (Å²) < 4.78 is 6.26. The standard InChI is InChI=1S/C23H18N4O/c1-27(2)16-7-8-19-21(13-16)28-22-14-20(25-15-9-11-24-12-10-15)17-5-3-4-6-18(17)23(22)26-19/h3-14H,1-2H3. The van der Waals surface area contributed by atoms with Crippen LogP contribution in [0.1, 0.15) is 0 Å². The van der Waals surface area contributed by atoms with Gasteiger partial charge < -0.3 is 9.32 Å². The summed E-state index contributed by atoms with van der Waals surface area (Å²) in [6.45, 7) is 0. The molecule has 136 valence electrons. The lowest BCUT2D eigenvalue weighted by Gasteiger charge is -2.14. The molecule has 2 aliphatic rings. The van der Waals surface area contributed by atoms with Crippen LogP contribution in [0.25, 0.3) is 33.3 Å². The van der Waals surface area contributed by atoms with Crippen molar-refractivity contribution in [3.8, 4) is 11.5 Å². The van der Waals surface area contributed by atoms with Gasteiger partial charge in [-0.1, -0.05) is 24.3 Å². The van der Waals surface area contributed by atoms with Gasteiger partial charge in [0.05, 0.1) is 11.0 Å². The second-order valence-corrected chi connectivity index (χ2v) is 6.87. The van der Waals surface area contributed by atoms with Crippen LogP contribution in [0.4, 0.5) is 11.4 Å². The third kappa shape index (κ3) is 2.77. The molecule has 1 aromatic heterocycles. The van der Waals surface area contributed by atoms with Crippen molar-refractivity contribution in [3.63, 3.8) is 0 Å². The van der Waals surface area contributed by atoms with E-state index in [1.807, 2.05) is 67.5 Å². The van der Waals surface area contributed by atoms with Crippen molar-refractivity contribution >= 4 is 33.2 Å². The molecule has 0 saturated carbocycles. The number of rotatable bonds is 2. The van der Waals surface area contributed by atoms with Crippen LogP contribution in [0.15, 0.2) is 82.5 Å². The van der Waals surface area contributed by atoms with Crippen molar-refractivity contribution in [2.45, 2.75) is 0 Å². The van der Waals surface area contributed by atoms with Crippen LogP contribution >= 0.6 is 0 Å². The van der Waals surface area contributed by atoms with E-state index in [2.05, 4.69) is 17.1 Å². The summed E-state index contributed by atoms with van der Waals surface area (Å²) in [7, 11) is 4.02. The number of hydrogen-bond donors (Lipinski definition) is 0. The largest absolute Gasteiger partial charge is 0.453 e. The first-order chi connectivity index (χ1) is 13.7. The normalized spacial score (nSPS) is 12.1. The van der Waals surface area contributed by atoms with Crippen LogP contribution in [-0.4, -0.2) is 24.1 Å². The summed E-state index contributed by atoms with van der Waals surface area (Å²) in [5.74, 6) is 0.718. The molecule has 0 atom stereocenters. The molecule has 1 aliphatic heterocycles. The van der Waals surface area contributed by atoms with Crippen molar-refractivity contribution < 1.29 is 4.42 Å². The summed E-state index contributed by atoms with van der Waals surface area (Å²) in [5.41, 5.74) is 4.35. The van der Waals surface area contributed by atoms with Gasteiger partial charge in [0.1, 0.15) is 11.2 Å². The van der Waals surface area contributed by atoms with Gasteiger partial charge in [-0.15, -0.1) is 0 Å². The SMILES string of the molecule is CN(C)c1ccc2nc3c4ccccc4c(=Nc4ccncc4)cc-3oc2c1. The van der Waals surface area contributed by atoms with Gasteiger partial charge in [0, 0.05) is 55.1 Å². The predicted octanol–water partition coefficient (Wildman–Crippen LogP) is 4.78. The van der Waals surface area contributed by atoms with E-state index in [9.17, 15) is 0 Å². The molecule has 5 rings (SSSR count). The van der Waals surface area contributed by atoms with E-state index in [1.165, 1.54) is 0 Å². The van der Waals surface area contributed by atoms with Gasteiger partial charge in [-0.3, -0.25) is 4.98 Å². The number of hydrogen-bond acceptors (Lipinski definition) is 5. The first-order valence-corrected chi connectivity index (χ1v) is 9.07. The summed E-state index contributed by atoms with van der Waals surface area (Å²) >= 11 is 0. The van der Waals surface area contributed by atoms with Gasteiger partial charge >= 0.3 is 0 Å². The Bertz CT molecular complexity index is 1340. The van der Waals surface area contributed by atoms with Gasteiger partial charge in [-0.2, -0.15) is 0 Å². The molecular formula is C23H18N4O. The van der Waals surface area contributed by atoms with E-state index in [1.54, 1.807) is 12.4 Å². The van der Waals surface area contributed by atoms with E-state index >= 15 is 0 Å². The van der Waals surface area contributed by atoms with Crippen molar-refractivity contribution in [2.24, 2.45) is 4.99 Å². The fourth-order valence-electron chi connectivity index (χ4n) is 3.35. The average molecular weight is 366 g/mol. The van der Waals surface area contributed by atoms with Crippen molar-refractivity contribution in [1.29, 1.82) is 0 Å². The molecule has 0 N–H and O–H groups in total. The van der Waals surface area contributed by atoms with E-state index < -0.39 is 0 Å². The predicted molar refractivity (Wildman–Crippen MR) is 112 cm³/mol. The molecule has 0 amide bonds. The molecule has 0 unspecified atom stereocenters. The number of fused-ring (bicyclic) bond motifs is 4. The zero-order valence-electron chi connectivity index (χ0n) is 15.6. The van der Waals surface area contributed by atoms with Crippen molar-refractivity contribution in [1.82, 2.24) is 9.97 Å². The smallest absolute Gasteiger partial charge is 0.155 e. The van der Waals surface area contributed by atoms with Crippen LogP contribution in [0.3, 0.4) is 0 Å². The second-order valence-electron chi connectivity index (χ2n) is 6.87. The average Bonchev–Trinajstić information content (AvgIpc) is 2.73. The minimum absolute atomic E-state index is 0.718. The first-order valence-electron chi connectivity index (χ1n) is 9.07. The fourth-order valence-corrected chi connectivity index (χ4v) is 3.35. The third-order valence-corrected chi connectivity index (χ3v) is 4.78. The molecule has 3 aromatic rings. The Kier molecular flexibility index (Phi) is 3.79. The minimum Gasteiger partial charge on any atom is -0.453 e. The highest BCUT2D eigenvalue weighted by Gasteiger charge is 2.15. The topological polar surface area (TPSA) is 54.5 Å². The van der Waals surface area contributed by atoms with Crippen LogP contribution in [0, 0.1) is 0 Å². The van der Waals surface area contributed by atoms with Crippen LogP contribution in [-0.2, 0) is 0 Å². The monoisotopic (exact) mass is 366 g/mol. The highest BCUT2D eigenvalue weighted by atomic mass is 16.3. The molecule has 28 heavy (non-hydrogen) atoms. The molecule has 0 fully saturated rings. The van der Waals surface area contributed by atoms with Crippen LogP contribution in [0.5, 0.6) is 0 Å². The van der Waals surface area contributed by atoms with E-state index in [4.69, 9.17) is 14.4 Å². The highest BCUT2D eigenvalue weighted by Crippen LogP contribution is 2.31. The summed E-state index contributed by atoms with van der Waals surface area (Å²) in [4.78, 5) is 15.8. The number of nitrogens with zero attached hydrogens (tertiary/aromatic N) is 4. The Morgan fingerprint density at radius 1 is 0.893 bits per heavy atom. The first kappa shape index (κ1) is 16.4. The second kappa shape index (κ2) is 6.46. The van der Waals surface area contributed by atoms with Gasteiger partial charge in [0.25, 0.3) is 0 Å². The number of benzene rings is 3. The maximum atomic E-state index is 6.26. The Balaban J connectivity index is 1.86. The molecule has 5 nitrogen and oxygen atoms in total. The number of pyridine rings is 1. The molecular weight excluding hydrogens is 348 g/mol. The van der Waals surface area contributed by atoms with Gasteiger partial charge in [-0.05, 0) is 24.3 Å². The van der Waals surface area contributed by atoms with Crippen LogP contribution < -0.4 is 10.3 Å². The molecule has 0 spiro atoms. The quantitative estimate of drug-likeness (QED) is 0.333. The van der Waals surface area contributed by atoms with Gasteiger partial charge in [-0.25, -0.2) is 9.98 Å². The molecule has 5 heteroatoms. The molecule has 0 radical (unpaired) electrons. The maximum Gasteiger partial charge on any atom is 0.155 e. The van der Waals surface area contributed by atoms with Gasteiger partial charge in [0.2, 0.25) is 0 Å². The fraction of sp³-hybridized carbons (Fsp3) is 0.0870. The Morgan fingerprint density at radius 3 is 2.46 bits per heavy atom. The highest BCUT2D eigenvalue weighted by molar-refractivity contribution is 5.96. The molecule has 1 aliphatic carbocycles. The maximum absolute atomic E-state index is 6.26. The zero-order chi connectivity index (χ0) is 19.1. The van der Waals surface area contributed by atoms with E-state index in [0.717, 1.165) is 50.1 Å². The zero-order valence-corrected chi connectivity index (χ0v) is 15.6. The lowest BCUT2D eigenvalue weighted by Crippen LogP contribution is -2.08. The lowest BCUT2D eigenvalue weighted by atomic mass is 10.0. The molecule has 0 bridgehead atoms. The molecule has 2 heterocycles. The molecule has 0 saturated heterocycles. The minimum atomic E-state index is 0.718. The summed E-state index contributed by atoms with van der Waals surface area (Å²) in [6.07, 6.45) is 3.48.